The predicted molar refractivity (Wildman–Crippen MR) is 86.4 cm³/mol. The van der Waals surface area contributed by atoms with Crippen LogP contribution >= 0.6 is 0 Å². The lowest BCUT2D eigenvalue weighted by molar-refractivity contribution is 0.431. The smallest absolute Gasteiger partial charge is 0.241 e. The van der Waals surface area contributed by atoms with Crippen LogP contribution < -0.4 is 11.1 Å². The molecule has 0 radical (unpaired) electrons. The number of rotatable bonds is 2. The number of nitrogens with one attached hydrogen (secondary N) is 1. The molecule has 5 nitrogen and oxygen atoms in total. The maximum absolute atomic E-state index is 5.80. The fourth-order valence-corrected chi connectivity index (χ4v) is 3.05. The molecule has 0 saturated heterocycles. The Labute approximate surface area is 128 Å². The summed E-state index contributed by atoms with van der Waals surface area (Å²) in [7, 11) is 0. The summed E-state index contributed by atoms with van der Waals surface area (Å²) >= 11 is 0. The summed E-state index contributed by atoms with van der Waals surface area (Å²) in [5.74, 6) is 1.03. The van der Waals surface area contributed by atoms with Gasteiger partial charge in [0.25, 0.3) is 0 Å². The van der Waals surface area contributed by atoms with Crippen molar-refractivity contribution in [1.82, 2.24) is 14.8 Å². The third-order valence-electron chi connectivity index (χ3n) is 4.09. The highest BCUT2D eigenvalue weighted by atomic mass is 15.4. The van der Waals surface area contributed by atoms with Crippen LogP contribution in [0.1, 0.15) is 29.6 Å². The molecular formula is C17H17N5. The highest BCUT2D eigenvalue weighted by Crippen LogP contribution is 2.37. The average Bonchev–Trinajstić information content (AvgIpc) is 2.95. The molecule has 5 heteroatoms. The van der Waals surface area contributed by atoms with Crippen molar-refractivity contribution in [1.29, 1.82) is 0 Å². The summed E-state index contributed by atoms with van der Waals surface area (Å²) in [6, 6.07) is 21.1. The zero-order chi connectivity index (χ0) is 14.9. The molecule has 0 fully saturated rings. The van der Waals surface area contributed by atoms with E-state index in [1.807, 2.05) is 16.8 Å². The molecule has 1 aromatic heterocycles. The van der Waals surface area contributed by atoms with E-state index in [0.717, 1.165) is 12.4 Å². The van der Waals surface area contributed by atoms with Gasteiger partial charge in [-0.25, -0.2) is 4.68 Å². The molecule has 2 aromatic carbocycles. The van der Waals surface area contributed by atoms with Crippen LogP contribution in [0.25, 0.3) is 0 Å². The molecule has 2 atom stereocenters. The molecule has 0 spiro atoms. The number of aromatic nitrogens is 3. The Morgan fingerprint density at radius 2 is 1.59 bits per heavy atom. The van der Waals surface area contributed by atoms with Gasteiger partial charge in [-0.05, 0) is 17.5 Å². The summed E-state index contributed by atoms with van der Waals surface area (Å²) < 4.78 is 1.89. The van der Waals surface area contributed by atoms with Crippen molar-refractivity contribution in [3.63, 3.8) is 0 Å². The minimum atomic E-state index is 0.132. The topological polar surface area (TPSA) is 68.8 Å². The van der Waals surface area contributed by atoms with Gasteiger partial charge in [0.1, 0.15) is 0 Å². The van der Waals surface area contributed by atoms with Gasteiger partial charge in [0.2, 0.25) is 11.9 Å². The van der Waals surface area contributed by atoms with Gasteiger partial charge in [-0.2, -0.15) is 4.98 Å². The van der Waals surface area contributed by atoms with Gasteiger partial charge in [-0.15, -0.1) is 5.10 Å². The molecule has 3 aromatic rings. The highest BCUT2D eigenvalue weighted by molar-refractivity contribution is 5.41. The van der Waals surface area contributed by atoms with Crippen LogP contribution in [-0.4, -0.2) is 14.8 Å². The standard InChI is InChI=1S/C17H17N5/c18-16-20-17-19-14(12-7-3-1-4-8-12)11-15(22(17)21-16)13-9-5-2-6-10-13/h1-10,14-15H,11H2,(H3,18,19,20,21)/t14-,15-/m0/s1. The number of hydrogen-bond donors (Lipinski definition) is 2. The van der Waals surface area contributed by atoms with Crippen molar-refractivity contribution in [3.05, 3.63) is 71.8 Å². The molecule has 1 aliphatic heterocycles. The van der Waals surface area contributed by atoms with Crippen molar-refractivity contribution >= 4 is 11.9 Å². The summed E-state index contributed by atoms with van der Waals surface area (Å²) in [5, 5.41) is 7.80. The number of benzene rings is 2. The fraction of sp³-hybridized carbons (Fsp3) is 0.176. The van der Waals surface area contributed by atoms with Crippen molar-refractivity contribution in [2.75, 3.05) is 11.1 Å². The van der Waals surface area contributed by atoms with Gasteiger partial charge in [0.15, 0.2) is 0 Å². The molecule has 22 heavy (non-hydrogen) atoms. The number of fused-ring (bicyclic) bond motifs is 1. The maximum Gasteiger partial charge on any atom is 0.241 e. The second-order valence-corrected chi connectivity index (χ2v) is 5.51. The molecule has 0 aliphatic carbocycles. The SMILES string of the molecule is Nc1nc2n(n1)[C@H](c1ccccc1)C[C@@H](c1ccccc1)N2. The Morgan fingerprint density at radius 1 is 0.955 bits per heavy atom. The summed E-state index contributed by atoms with van der Waals surface area (Å²) in [5.41, 5.74) is 8.26. The molecule has 0 bridgehead atoms. The molecule has 0 amide bonds. The maximum atomic E-state index is 5.80. The summed E-state index contributed by atoms with van der Waals surface area (Å²) in [6.07, 6.45) is 0.907. The van der Waals surface area contributed by atoms with Crippen molar-refractivity contribution in [2.45, 2.75) is 18.5 Å². The normalized spacial score (nSPS) is 20.2. The first-order valence-corrected chi connectivity index (χ1v) is 7.40. The Kier molecular flexibility index (Phi) is 3.04. The number of nitrogen functional groups attached to an aromatic ring is 1. The number of hydrogen-bond acceptors (Lipinski definition) is 4. The lowest BCUT2D eigenvalue weighted by Crippen LogP contribution is -2.28. The lowest BCUT2D eigenvalue weighted by Gasteiger charge is -2.31. The monoisotopic (exact) mass is 291 g/mol. The molecule has 0 saturated carbocycles. The summed E-state index contributed by atoms with van der Waals surface area (Å²) in [4.78, 5) is 4.32. The minimum absolute atomic E-state index is 0.132. The van der Waals surface area contributed by atoms with E-state index in [9.17, 15) is 0 Å². The highest BCUT2D eigenvalue weighted by Gasteiger charge is 2.30. The van der Waals surface area contributed by atoms with E-state index in [1.54, 1.807) is 0 Å². The van der Waals surface area contributed by atoms with E-state index in [-0.39, 0.29) is 12.1 Å². The third kappa shape index (κ3) is 2.20. The van der Waals surface area contributed by atoms with Crippen LogP contribution in [0.2, 0.25) is 0 Å². The number of nitrogens with two attached hydrogens (primary N) is 1. The fourth-order valence-electron chi connectivity index (χ4n) is 3.05. The largest absolute Gasteiger partial charge is 0.366 e. The predicted octanol–water partition coefficient (Wildman–Crippen LogP) is 3.01. The van der Waals surface area contributed by atoms with E-state index in [0.29, 0.717) is 5.95 Å². The van der Waals surface area contributed by atoms with Crippen LogP contribution in [0.3, 0.4) is 0 Å². The van der Waals surface area contributed by atoms with E-state index in [4.69, 9.17) is 5.73 Å². The van der Waals surface area contributed by atoms with Gasteiger partial charge in [-0.1, -0.05) is 60.7 Å². The zero-order valence-electron chi connectivity index (χ0n) is 12.1. The quantitative estimate of drug-likeness (QED) is 0.761. The first-order chi connectivity index (χ1) is 10.8. The number of anilines is 2. The lowest BCUT2D eigenvalue weighted by atomic mass is 9.93. The van der Waals surface area contributed by atoms with E-state index < -0.39 is 0 Å². The van der Waals surface area contributed by atoms with Crippen LogP contribution in [0, 0.1) is 0 Å². The molecule has 0 unspecified atom stereocenters. The molecule has 2 heterocycles. The molecule has 110 valence electrons. The first-order valence-electron chi connectivity index (χ1n) is 7.40. The average molecular weight is 291 g/mol. The molecule has 4 rings (SSSR count). The van der Waals surface area contributed by atoms with Crippen LogP contribution in [0.15, 0.2) is 60.7 Å². The van der Waals surface area contributed by atoms with Crippen LogP contribution in [-0.2, 0) is 0 Å². The van der Waals surface area contributed by atoms with Crippen LogP contribution in [0.4, 0.5) is 11.9 Å². The van der Waals surface area contributed by atoms with Gasteiger partial charge < -0.3 is 11.1 Å². The summed E-state index contributed by atoms with van der Waals surface area (Å²) in [6.45, 7) is 0. The van der Waals surface area contributed by atoms with Crippen molar-refractivity contribution in [2.24, 2.45) is 0 Å². The van der Waals surface area contributed by atoms with Gasteiger partial charge in [0.05, 0.1) is 12.1 Å². The number of nitrogens with zero attached hydrogens (tertiary/aromatic N) is 3. The Balaban J connectivity index is 1.77. The van der Waals surface area contributed by atoms with Gasteiger partial charge >= 0.3 is 0 Å². The van der Waals surface area contributed by atoms with E-state index in [2.05, 4.69) is 63.9 Å². The Morgan fingerprint density at radius 3 is 2.27 bits per heavy atom. The molecule has 1 aliphatic rings. The first kappa shape index (κ1) is 12.9. The van der Waals surface area contributed by atoms with Crippen molar-refractivity contribution < 1.29 is 0 Å². The third-order valence-corrected chi connectivity index (χ3v) is 4.09. The second kappa shape index (κ2) is 5.18. The second-order valence-electron chi connectivity index (χ2n) is 5.51. The van der Waals surface area contributed by atoms with Gasteiger partial charge in [0, 0.05) is 0 Å². The van der Waals surface area contributed by atoms with E-state index >= 15 is 0 Å². The van der Waals surface area contributed by atoms with Crippen molar-refractivity contribution in [3.8, 4) is 0 Å². The minimum Gasteiger partial charge on any atom is -0.366 e. The van der Waals surface area contributed by atoms with Crippen LogP contribution in [0.5, 0.6) is 0 Å². The molecular weight excluding hydrogens is 274 g/mol. The molecule has 3 N–H and O–H groups in total. The zero-order valence-corrected chi connectivity index (χ0v) is 12.1. The Bertz CT molecular complexity index is 766. The van der Waals surface area contributed by atoms with E-state index in [1.165, 1.54) is 11.1 Å². The Hall–Kier alpha value is -2.82. The van der Waals surface area contributed by atoms with Gasteiger partial charge in [-0.3, -0.25) is 0 Å².